The van der Waals surface area contributed by atoms with Gasteiger partial charge in [-0.05, 0) is 71.5 Å². The highest BCUT2D eigenvalue weighted by atomic mass is 35.5. The van der Waals surface area contributed by atoms with Gasteiger partial charge in [0, 0.05) is 16.5 Å². The largest absolute Gasteiger partial charge is 0.478 e. The van der Waals surface area contributed by atoms with Crippen LogP contribution in [0.4, 0.5) is 0 Å². The number of hydrogen-bond donors (Lipinski definition) is 2. The van der Waals surface area contributed by atoms with E-state index in [0.29, 0.717) is 17.1 Å². The lowest BCUT2D eigenvalue weighted by Crippen LogP contribution is -2.09. The van der Waals surface area contributed by atoms with Crippen LogP contribution in [0.1, 0.15) is 21.5 Å². The number of benzene rings is 3. The maximum absolute atomic E-state index is 11.5. The second-order valence-corrected chi connectivity index (χ2v) is 7.33. The van der Waals surface area contributed by atoms with Gasteiger partial charge in [0.1, 0.15) is 0 Å². The van der Waals surface area contributed by atoms with Gasteiger partial charge in [0.25, 0.3) is 0 Å². The number of carboxylic acid groups (broad SMARTS) is 1. The van der Waals surface area contributed by atoms with Crippen LogP contribution in [-0.2, 0) is 6.54 Å². The molecule has 3 aromatic rings. The summed E-state index contributed by atoms with van der Waals surface area (Å²) >= 11 is 7.52. The quantitative estimate of drug-likeness (QED) is 0.527. The van der Waals surface area contributed by atoms with Crippen LogP contribution in [0.3, 0.4) is 0 Å². The molecule has 0 aliphatic rings. The molecule has 132 valence electrons. The molecular formula is C21H18ClNO2S. The molecule has 0 spiro atoms. The highest BCUT2D eigenvalue weighted by Crippen LogP contribution is 2.25. The van der Waals surface area contributed by atoms with Gasteiger partial charge in [-0.25, -0.2) is 4.79 Å². The molecule has 3 aromatic carbocycles. The fourth-order valence-electron chi connectivity index (χ4n) is 2.72. The van der Waals surface area contributed by atoms with Gasteiger partial charge in [-0.1, -0.05) is 48.0 Å². The summed E-state index contributed by atoms with van der Waals surface area (Å²) < 4.78 is 3.24. The van der Waals surface area contributed by atoms with E-state index in [0.717, 1.165) is 27.1 Å². The van der Waals surface area contributed by atoms with Crippen LogP contribution in [-0.4, -0.2) is 11.1 Å². The molecule has 0 saturated heterocycles. The predicted molar refractivity (Wildman–Crippen MR) is 108 cm³/mol. The van der Waals surface area contributed by atoms with Crippen LogP contribution in [0.15, 0.2) is 71.6 Å². The molecule has 0 heterocycles. The van der Waals surface area contributed by atoms with Crippen LogP contribution in [0, 0.1) is 6.92 Å². The van der Waals surface area contributed by atoms with E-state index in [-0.39, 0.29) is 0 Å². The van der Waals surface area contributed by atoms with Crippen molar-refractivity contribution in [3.63, 3.8) is 0 Å². The minimum Gasteiger partial charge on any atom is -0.478 e. The lowest BCUT2D eigenvalue weighted by Gasteiger charge is -2.11. The van der Waals surface area contributed by atoms with E-state index in [1.807, 2.05) is 67.6 Å². The molecule has 5 heteroatoms. The molecule has 0 amide bonds. The van der Waals surface area contributed by atoms with Gasteiger partial charge in [-0.3, -0.25) is 4.72 Å². The average molecular weight is 384 g/mol. The third kappa shape index (κ3) is 4.67. The van der Waals surface area contributed by atoms with Crippen molar-refractivity contribution in [1.82, 2.24) is 4.72 Å². The van der Waals surface area contributed by atoms with Crippen molar-refractivity contribution in [3.05, 3.63) is 88.4 Å². The van der Waals surface area contributed by atoms with Crippen molar-refractivity contribution in [2.45, 2.75) is 18.4 Å². The Hall–Kier alpha value is -2.27. The highest BCUT2D eigenvalue weighted by Gasteiger charge is 2.11. The fourth-order valence-corrected chi connectivity index (χ4v) is 3.90. The molecule has 2 N–H and O–H groups in total. The normalized spacial score (nSPS) is 10.7. The zero-order valence-corrected chi connectivity index (χ0v) is 15.8. The third-order valence-corrected chi connectivity index (χ3v) is 4.89. The van der Waals surface area contributed by atoms with Crippen molar-refractivity contribution < 1.29 is 9.90 Å². The Balaban J connectivity index is 1.79. The number of carboxylic acids is 1. The molecule has 0 bridgehead atoms. The number of aryl methyl sites for hydroxylation is 1. The zero-order chi connectivity index (χ0) is 18.5. The Morgan fingerprint density at radius 1 is 1.04 bits per heavy atom. The topological polar surface area (TPSA) is 49.3 Å². The number of aromatic carboxylic acids is 1. The number of rotatable bonds is 6. The van der Waals surface area contributed by atoms with Gasteiger partial charge in [0.05, 0.1) is 5.56 Å². The Kier molecular flexibility index (Phi) is 5.99. The second-order valence-electron chi connectivity index (χ2n) is 5.93. The number of halogens is 1. The maximum atomic E-state index is 11.5. The first-order chi connectivity index (χ1) is 12.5. The molecule has 26 heavy (non-hydrogen) atoms. The van der Waals surface area contributed by atoms with E-state index >= 15 is 0 Å². The smallest absolute Gasteiger partial charge is 0.336 e. The molecule has 0 aliphatic carbocycles. The van der Waals surface area contributed by atoms with E-state index in [2.05, 4.69) is 4.72 Å². The summed E-state index contributed by atoms with van der Waals surface area (Å²) in [5, 5.41) is 10.2. The maximum Gasteiger partial charge on any atom is 0.336 e. The van der Waals surface area contributed by atoms with Crippen molar-refractivity contribution in [3.8, 4) is 11.1 Å². The number of nitrogens with one attached hydrogen (secondary N) is 1. The van der Waals surface area contributed by atoms with Crippen molar-refractivity contribution in [2.75, 3.05) is 0 Å². The minimum absolute atomic E-state index is 0.306. The molecule has 0 atom stereocenters. The molecule has 3 nitrogen and oxygen atoms in total. The molecule has 0 saturated carbocycles. The summed E-state index contributed by atoms with van der Waals surface area (Å²) in [5.74, 6) is -0.926. The van der Waals surface area contributed by atoms with E-state index < -0.39 is 5.97 Å². The van der Waals surface area contributed by atoms with Gasteiger partial charge in [-0.2, -0.15) is 0 Å². The van der Waals surface area contributed by atoms with Crippen molar-refractivity contribution in [2.24, 2.45) is 0 Å². The molecule has 0 radical (unpaired) electrons. The van der Waals surface area contributed by atoms with Gasteiger partial charge in [-0.15, -0.1) is 0 Å². The highest BCUT2D eigenvalue weighted by molar-refractivity contribution is 7.97. The van der Waals surface area contributed by atoms with E-state index in [1.165, 1.54) is 11.9 Å². The average Bonchev–Trinajstić information content (AvgIpc) is 2.61. The fraction of sp³-hybridized carbons (Fsp3) is 0.0952. The minimum atomic E-state index is -0.926. The molecule has 0 fully saturated rings. The van der Waals surface area contributed by atoms with Crippen LogP contribution in [0.25, 0.3) is 11.1 Å². The van der Waals surface area contributed by atoms with Crippen LogP contribution < -0.4 is 4.72 Å². The molecule has 3 rings (SSSR count). The first-order valence-corrected chi connectivity index (χ1v) is 9.31. The van der Waals surface area contributed by atoms with Gasteiger partial charge in [0.2, 0.25) is 0 Å². The Morgan fingerprint density at radius 2 is 1.81 bits per heavy atom. The van der Waals surface area contributed by atoms with Crippen molar-refractivity contribution in [1.29, 1.82) is 0 Å². The van der Waals surface area contributed by atoms with E-state index in [9.17, 15) is 9.90 Å². The molecular weight excluding hydrogens is 366 g/mol. The lowest BCUT2D eigenvalue weighted by atomic mass is 9.99. The molecule has 0 aliphatic heterocycles. The van der Waals surface area contributed by atoms with Crippen molar-refractivity contribution >= 4 is 29.5 Å². The molecule has 0 unspecified atom stereocenters. The first kappa shape index (κ1) is 18.5. The summed E-state index contributed by atoms with van der Waals surface area (Å²) in [7, 11) is 0. The van der Waals surface area contributed by atoms with Gasteiger partial charge < -0.3 is 5.11 Å². The Bertz CT molecular complexity index is 908. The standard InChI is InChI=1S/C21H18ClNO2S/c1-14-9-18(22)12-19(10-14)26-23-13-17-11-16(7-8-20(17)21(24)25)15-5-3-2-4-6-15/h2-12,23H,13H2,1H3,(H,24,25). The van der Waals surface area contributed by atoms with Gasteiger partial charge in [0.15, 0.2) is 0 Å². The lowest BCUT2D eigenvalue weighted by molar-refractivity contribution is 0.0695. The Labute approximate surface area is 162 Å². The Morgan fingerprint density at radius 3 is 2.50 bits per heavy atom. The number of hydrogen-bond acceptors (Lipinski definition) is 3. The summed E-state index contributed by atoms with van der Waals surface area (Å²) in [6, 6.07) is 21.2. The van der Waals surface area contributed by atoms with E-state index in [1.54, 1.807) is 6.07 Å². The zero-order valence-electron chi connectivity index (χ0n) is 14.2. The predicted octanol–water partition coefficient (Wildman–Crippen LogP) is 5.81. The first-order valence-electron chi connectivity index (χ1n) is 8.11. The summed E-state index contributed by atoms with van der Waals surface area (Å²) in [6.45, 7) is 2.42. The SMILES string of the molecule is Cc1cc(Cl)cc(SNCc2cc(-c3ccccc3)ccc2C(=O)O)c1. The molecule has 0 aromatic heterocycles. The number of carbonyl (C=O) groups is 1. The van der Waals surface area contributed by atoms with Crippen LogP contribution in [0.2, 0.25) is 5.02 Å². The third-order valence-electron chi connectivity index (χ3n) is 3.91. The summed E-state index contributed by atoms with van der Waals surface area (Å²) in [6.07, 6.45) is 0. The van der Waals surface area contributed by atoms with Crippen LogP contribution in [0.5, 0.6) is 0 Å². The second kappa shape index (κ2) is 8.41. The van der Waals surface area contributed by atoms with Gasteiger partial charge >= 0.3 is 5.97 Å². The monoisotopic (exact) mass is 383 g/mol. The van der Waals surface area contributed by atoms with E-state index in [4.69, 9.17) is 11.6 Å². The van der Waals surface area contributed by atoms with Crippen LogP contribution >= 0.6 is 23.5 Å². The summed E-state index contributed by atoms with van der Waals surface area (Å²) in [4.78, 5) is 12.5. The summed E-state index contributed by atoms with van der Waals surface area (Å²) in [5.41, 5.74) is 4.18.